The topological polar surface area (TPSA) is 0 Å². The fourth-order valence-corrected chi connectivity index (χ4v) is 1.12. The summed E-state index contributed by atoms with van der Waals surface area (Å²) in [5, 5.41) is -0.516. The Bertz CT molecular complexity index is 330. The molecule has 0 bridgehead atoms. The molecule has 0 atom stereocenters. The maximum atomic E-state index is 12.6. The second-order valence-corrected chi connectivity index (χ2v) is 2.99. The van der Waals surface area contributed by atoms with Gasteiger partial charge in [-0.15, -0.1) is 0 Å². The standard InChI is InChI=1S/C8H5ClF4/c1-4-2-7(10)6(9)3-5(4)8(11,12)13/h2-3H,1H3. The number of alkyl halides is 3. The van der Waals surface area contributed by atoms with Gasteiger partial charge in [-0.2, -0.15) is 13.2 Å². The predicted molar refractivity (Wildman–Crippen MR) is 41.1 cm³/mol. The molecule has 0 saturated heterocycles. The highest BCUT2D eigenvalue weighted by molar-refractivity contribution is 6.30. The van der Waals surface area contributed by atoms with Gasteiger partial charge in [0.2, 0.25) is 0 Å². The molecule has 1 rings (SSSR count). The van der Waals surface area contributed by atoms with E-state index in [1.54, 1.807) is 0 Å². The van der Waals surface area contributed by atoms with Gasteiger partial charge in [-0.3, -0.25) is 0 Å². The first-order valence-corrected chi connectivity index (χ1v) is 3.73. The number of rotatable bonds is 0. The number of hydrogen-bond donors (Lipinski definition) is 0. The van der Waals surface area contributed by atoms with Crippen molar-refractivity contribution in [2.45, 2.75) is 13.1 Å². The second kappa shape index (κ2) is 3.18. The molecule has 5 heteroatoms. The third-order valence-corrected chi connectivity index (χ3v) is 1.86. The maximum Gasteiger partial charge on any atom is 0.416 e. The Labute approximate surface area is 77.1 Å². The van der Waals surface area contributed by atoms with Crippen LogP contribution in [0.5, 0.6) is 0 Å². The number of benzene rings is 1. The summed E-state index contributed by atoms with van der Waals surface area (Å²) in [6.07, 6.45) is -4.48. The summed E-state index contributed by atoms with van der Waals surface area (Å²) in [4.78, 5) is 0. The molecule has 0 amide bonds. The molecule has 0 aromatic heterocycles. The van der Waals surface area contributed by atoms with E-state index in [4.69, 9.17) is 11.6 Å². The third kappa shape index (κ3) is 2.12. The Morgan fingerprint density at radius 3 is 2.23 bits per heavy atom. The van der Waals surface area contributed by atoms with E-state index in [1.807, 2.05) is 0 Å². The van der Waals surface area contributed by atoms with E-state index in [2.05, 4.69) is 0 Å². The molecule has 0 saturated carbocycles. The van der Waals surface area contributed by atoms with Crippen LogP contribution in [0.15, 0.2) is 12.1 Å². The molecule has 1 aromatic carbocycles. The number of aryl methyl sites for hydroxylation is 1. The van der Waals surface area contributed by atoms with Crippen LogP contribution >= 0.6 is 11.6 Å². The quantitative estimate of drug-likeness (QED) is 0.574. The predicted octanol–water partition coefficient (Wildman–Crippen LogP) is 3.81. The van der Waals surface area contributed by atoms with Crippen LogP contribution in [0.2, 0.25) is 5.02 Å². The lowest BCUT2D eigenvalue weighted by Crippen LogP contribution is -2.07. The average Bonchev–Trinajstić information content (AvgIpc) is 1.94. The first-order valence-electron chi connectivity index (χ1n) is 3.35. The van der Waals surface area contributed by atoms with Crippen LogP contribution in [0, 0.1) is 12.7 Å². The highest BCUT2D eigenvalue weighted by atomic mass is 35.5. The van der Waals surface area contributed by atoms with E-state index < -0.39 is 22.6 Å². The fourth-order valence-electron chi connectivity index (χ4n) is 0.952. The lowest BCUT2D eigenvalue weighted by atomic mass is 10.1. The first kappa shape index (κ1) is 10.3. The zero-order valence-electron chi connectivity index (χ0n) is 6.54. The second-order valence-electron chi connectivity index (χ2n) is 2.58. The Kier molecular flexibility index (Phi) is 2.52. The van der Waals surface area contributed by atoms with Gasteiger partial charge in [0.15, 0.2) is 0 Å². The van der Waals surface area contributed by atoms with Crippen LogP contribution in [0.1, 0.15) is 11.1 Å². The summed E-state index contributed by atoms with van der Waals surface area (Å²) >= 11 is 5.22. The summed E-state index contributed by atoms with van der Waals surface area (Å²) in [6.45, 7) is 1.18. The van der Waals surface area contributed by atoms with E-state index in [0.29, 0.717) is 6.07 Å². The zero-order chi connectivity index (χ0) is 10.2. The van der Waals surface area contributed by atoms with Crippen LogP contribution in [0.25, 0.3) is 0 Å². The molecule has 0 fully saturated rings. The van der Waals surface area contributed by atoms with Gasteiger partial charge in [0, 0.05) is 0 Å². The van der Waals surface area contributed by atoms with E-state index in [1.165, 1.54) is 6.92 Å². The zero-order valence-corrected chi connectivity index (χ0v) is 7.30. The van der Waals surface area contributed by atoms with E-state index >= 15 is 0 Å². The molecule has 0 heterocycles. The molecule has 0 unspecified atom stereocenters. The van der Waals surface area contributed by atoms with Gasteiger partial charge >= 0.3 is 6.18 Å². The lowest BCUT2D eigenvalue weighted by molar-refractivity contribution is -0.138. The van der Waals surface area contributed by atoms with Crippen molar-refractivity contribution >= 4 is 11.6 Å². The fraction of sp³-hybridized carbons (Fsp3) is 0.250. The SMILES string of the molecule is Cc1cc(F)c(Cl)cc1C(F)(F)F. The van der Waals surface area contributed by atoms with Crippen molar-refractivity contribution in [1.82, 2.24) is 0 Å². The number of hydrogen-bond acceptors (Lipinski definition) is 0. The maximum absolute atomic E-state index is 12.6. The summed E-state index contributed by atoms with van der Waals surface area (Å²) in [5.74, 6) is -0.841. The van der Waals surface area contributed by atoms with Crippen molar-refractivity contribution in [3.63, 3.8) is 0 Å². The molecular formula is C8H5ClF4. The van der Waals surface area contributed by atoms with Crippen molar-refractivity contribution in [3.05, 3.63) is 34.1 Å². The molecule has 0 aliphatic heterocycles. The van der Waals surface area contributed by atoms with Gasteiger partial charge < -0.3 is 0 Å². The summed E-state index contributed by atoms with van der Waals surface area (Å²) in [5.41, 5.74) is -1.08. The monoisotopic (exact) mass is 212 g/mol. The Morgan fingerprint density at radius 1 is 1.23 bits per heavy atom. The number of halogens is 5. The van der Waals surface area contributed by atoms with E-state index in [9.17, 15) is 17.6 Å². The van der Waals surface area contributed by atoms with Crippen LogP contribution in [-0.4, -0.2) is 0 Å². The van der Waals surface area contributed by atoms with Crippen molar-refractivity contribution in [1.29, 1.82) is 0 Å². The molecule has 0 spiro atoms. The minimum Gasteiger partial charge on any atom is -0.205 e. The molecule has 0 nitrogen and oxygen atoms in total. The molecule has 13 heavy (non-hydrogen) atoms. The molecule has 0 radical (unpaired) electrons. The third-order valence-electron chi connectivity index (χ3n) is 1.57. The first-order chi connectivity index (χ1) is 5.82. The van der Waals surface area contributed by atoms with Gasteiger partial charge in [-0.1, -0.05) is 11.6 Å². The molecule has 72 valence electrons. The van der Waals surface area contributed by atoms with Gasteiger partial charge in [-0.25, -0.2) is 4.39 Å². The smallest absolute Gasteiger partial charge is 0.205 e. The average molecular weight is 213 g/mol. The van der Waals surface area contributed by atoms with Crippen LogP contribution in [0.4, 0.5) is 17.6 Å². The van der Waals surface area contributed by atoms with E-state index in [0.717, 1.165) is 6.07 Å². The van der Waals surface area contributed by atoms with E-state index in [-0.39, 0.29) is 5.56 Å². The van der Waals surface area contributed by atoms with Gasteiger partial charge in [0.1, 0.15) is 5.82 Å². The Morgan fingerprint density at radius 2 is 1.77 bits per heavy atom. The van der Waals surface area contributed by atoms with Crippen molar-refractivity contribution in [3.8, 4) is 0 Å². The van der Waals surface area contributed by atoms with Crippen LogP contribution < -0.4 is 0 Å². The Hall–Kier alpha value is -0.770. The lowest BCUT2D eigenvalue weighted by Gasteiger charge is -2.10. The Balaban J connectivity index is 3.32. The van der Waals surface area contributed by atoms with Crippen LogP contribution in [-0.2, 0) is 6.18 Å². The van der Waals surface area contributed by atoms with Crippen molar-refractivity contribution in [2.24, 2.45) is 0 Å². The highest BCUT2D eigenvalue weighted by Gasteiger charge is 2.33. The largest absolute Gasteiger partial charge is 0.416 e. The molecular weight excluding hydrogens is 208 g/mol. The van der Waals surface area contributed by atoms with Gasteiger partial charge in [0.25, 0.3) is 0 Å². The molecule has 0 N–H and O–H groups in total. The summed E-state index contributed by atoms with van der Waals surface area (Å²) in [7, 11) is 0. The summed E-state index contributed by atoms with van der Waals surface area (Å²) in [6, 6.07) is 1.36. The van der Waals surface area contributed by atoms with Crippen molar-refractivity contribution in [2.75, 3.05) is 0 Å². The van der Waals surface area contributed by atoms with Gasteiger partial charge in [-0.05, 0) is 24.6 Å². The minimum absolute atomic E-state index is 0.172. The molecule has 0 aliphatic rings. The summed E-state index contributed by atoms with van der Waals surface area (Å²) < 4.78 is 49.2. The van der Waals surface area contributed by atoms with Crippen LogP contribution in [0.3, 0.4) is 0 Å². The van der Waals surface area contributed by atoms with Gasteiger partial charge in [0.05, 0.1) is 10.6 Å². The molecule has 1 aromatic rings. The minimum atomic E-state index is -4.48. The molecule has 0 aliphatic carbocycles. The normalized spacial score (nSPS) is 11.8. The highest BCUT2D eigenvalue weighted by Crippen LogP contribution is 2.34. The van der Waals surface area contributed by atoms with Crippen molar-refractivity contribution < 1.29 is 17.6 Å².